The van der Waals surface area contributed by atoms with E-state index in [1.165, 1.54) is 5.70 Å². The van der Waals surface area contributed by atoms with Crippen molar-refractivity contribution in [2.75, 3.05) is 6.54 Å². The lowest BCUT2D eigenvalue weighted by molar-refractivity contribution is 0.544. The van der Waals surface area contributed by atoms with E-state index in [9.17, 15) is 0 Å². The molecule has 0 amide bonds. The standard InChI is InChI=1S/C10H16N2/c1-3-8(2)10-9(7-11)5-4-6-12-10/h8,12H,3-6H2,1-2H3. The highest BCUT2D eigenvalue weighted by atomic mass is 14.9. The number of nitriles is 1. The zero-order chi connectivity index (χ0) is 8.97. The zero-order valence-corrected chi connectivity index (χ0v) is 7.85. The van der Waals surface area contributed by atoms with E-state index in [4.69, 9.17) is 5.26 Å². The minimum Gasteiger partial charge on any atom is -0.387 e. The maximum atomic E-state index is 8.86. The van der Waals surface area contributed by atoms with Gasteiger partial charge in [-0.25, -0.2) is 0 Å². The van der Waals surface area contributed by atoms with Crippen molar-refractivity contribution < 1.29 is 0 Å². The summed E-state index contributed by atoms with van der Waals surface area (Å²) in [7, 11) is 0. The van der Waals surface area contributed by atoms with Crippen molar-refractivity contribution in [3.8, 4) is 6.07 Å². The fraction of sp³-hybridized carbons (Fsp3) is 0.700. The van der Waals surface area contributed by atoms with E-state index >= 15 is 0 Å². The molecule has 1 aliphatic rings. The normalized spacial score (nSPS) is 19.8. The molecule has 1 N–H and O–H groups in total. The maximum absolute atomic E-state index is 8.86. The predicted octanol–water partition coefficient (Wildman–Crippen LogP) is 2.19. The highest BCUT2D eigenvalue weighted by molar-refractivity contribution is 5.29. The molecule has 0 aliphatic carbocycles. The molecule has 66 valence electrons. The first-order valence-electron chi connectivity index (χ1n) is 4.66. The van der Waals surface area contributed by atoms with Crippen molar-refractivity contribution >= 4 is 0 Å². The summed E-state index contributed by atoms with van der Waals surface area (Å²) in [6.45, 7) is 5.36. The fourth-order valence-corrected chi connectivity index (χ4v) is 1.52. The minimum absolute atomic E-state index is 0.514. The Hall–Kier alpha value is -0.970. The molecular weight excluding hydrogens is 148 g/mol. The second kappa shape index (κ2) is 4.15. The molecule has 2 heteroatoms. The number of nitrogens with zero attached hydrogens (tertiary/aromatic N) is 1. The van der Waals surface area contributed by atoms with Gasteiger partial charge in [0.15, 0.2) is 0 Å². The summed E-state index contributed by atoms with van der Waals surface area (Å²) in [6, 6.07) is 2.29. The van der Waals surface area contributed by atoms with Gasteiger partial charge in [-0.2, -0.15) is 5.26 Å². The van der Waals surface area contributed by atoms with Gasteiger partial charge in [0.1, 0.15) is 0 Å². The Kier molecular flexibility index (Phi) is 3.16. The molecule has 1 heterocycles. The van der Waals surface area contributed by atoms with E-state index in [2.05, 4.69) is 25.2 Å². The average molecular weight is 164 g/mol. The second-order valence-electron chi connectivity index (χ2n) is 3.34. The van der Waals surface area contributed by atoms with Gasteiger partial charge in [0.25, 0.3) is 0 Å². The van der Waals surface area contributed by atoms with Crippen LogP contribution in [0.15, 0.2) is 11.3 Å². The second-order valence-corrected chi connectivity index (χ2v) is 3.34. The third-order valence-corrected chi connectivity index (χ3v) is 2.48. The lowest BCUT2D eigenvalue weighted by atomic mass is 9.95. The molecule has 0 bridgehead atoms. The first-order chi connectivity index (χ1) is 5.79. The van der Waals surface area contributed by atoms with E-state index < -0.39 is 0 Å². The summed E-state index contributed by atoms with van der Waals surface area (Å²) in [6.07, 6.45) is 3.17. The van der Waals surface area contributed by atoms with Crippen molar-refractivity contribution in [1.82, 2.24) is 5.32 Å². The summed E-state index contributed by atoms with van der Waals surface area (Å²) >= 11 is 0. The molecule has 0 aromatic rings. The molecule has 1 aliphatic heterocycles. The minimum atomic E-state index is 0.514. The first kappa shape index (κ1) is 9.12. The zero-order valence-electron chi connectivity index (χ0n) is 7.85. The summed E-state index contributed by atoms with van der Waals surface area (Å²) < 4.78 is 0. The van der Waals surface area contributed by atoms with Crippen LogP contribution in [-0.4, -0.2) is 6.54 Å². The van der Waals surface area contributed by atoms with Crippen LogP contribution in [0.25, 0.3) is 0 Å². The van der Waals surface area contributed by atoms with Gasteiger partial charge in [0.05, 0.1) is 6.07 Å². The van der Waals surface area contributed by atoms with Gasteiger partial charge in [-0.1, -0.05) is 13.8 Å². The molecule has 0 spiro atoms. The smallest absolute Gasteiger partial charge is 0.0965 e. The molecule has 1 rings (SSSR count). The Balaban J connectivity index is 2.81. The highest BCUT2D eigenvalue weighted by Gasteiger charge is 2.15. The highest BCUT2D eigenvalue weighted by Crippen LogP contribution is 2.21. The van der Waals surface area contributed by atoms with Crippen LogP contribution >= 0.6 is 0 Å². The van der Waals surface area contributed by atoms with Gasteiger partial charge in [-0.15, -0.1) is 0 Å². The largest absolute Gasteiger partial charge is 0.387 e. The molecule has 0 aromatic heterocycles. The van der Waals surface area contributed by atoms with E-state index in [0.29, 0.717) is 5.92 Å². The quantitative estimate of drug-likeness (QED) is 0.679. The van der Waals surface area contributed by atoms with Crippen LogP contribution in [0.5, 0.6) is 0 Å². The first-order valence-corrected chi connectivity index (χ1v) is 4.66. The van der Waals surface area contributed by atoms with Crippen molar-refractivity contribution in [2.24, 2.45) is 5.92 Å². The van der Waals surface area contributed by atoms with E-state index in [0.717, 1.165) is 31.4 Å². The van der Waals surface area contributed by atoms with Crippen LogP contribution in [0, 0.1) is 17.2 Å². The topological polar surface area (TPSA) is 35.8 Å². The third-order valence-electron chi connectivity index (χ3n) is 2.48. The molecule has 2 nitrogen and oxygen atoms in total. The molecule has 0 aromatic carbocycles. The van der Waals surface area contributed by atoms with Crippen LogP contribution in [0.4, 0.5) is 0 Å². The number of hydrogen-bond donors (Lipinski definition) is 1. The Morgan fingerprint density at radius 1 is 1.67 bits per heavy atom. The van der Waals surface area contributed by atoms with Gasteiger partial charge in [-0.3, -0.25) is 0 Å². The number of hydrogen-bond acceptors (Lipinski definition) is 2. The molecule has 0 fully saturated rings. The molecule has 0 saturated carbocycles. The van der Waals surface area contributed by atoms with E-state index in [-0.39, 0.29) is 0 Å². The van der Waals surface area contributed by atoms with Crippen molar-refractivity contribution in [3.63, 3.8) is 0 Å². The van der Waals surface area contributed by atoms with Crippen LogP contribution in [0.2, 0.25) is 0 Å². The van der Waals surface area contributed by atoms with Gasteiger partial charge in [0.2, 0.25) is 0 Å². The molecule has 0 radical (unpaired) electrons. The van der Waals surface area contributed by atoms with Crippen molar-refractivity contribution in [2.45, 2.75) is 33.1 Å². The van der Waals surface area contributed by atoms with E-state index in [1.807, 2.05) is 0 Å². The lowest BCUT2D eigenvalue weighted by Gasteiger charge is -2.22. The predicted molar refractivity (Wildman–Crippen MR) is 49.3 cm³/mol. The Morgan fingerprint density at radius 2 is 2.42 bits per heavy atom. The van der Waals surface area contributed by atoms with E-state index in [1.54, 1.807) is 0 Å². The summed E-state index contributed by atoms with van der Waals surface area (Å²) in [5.41, 5.74) is 2.15. The monoisotopic (exact) mass is 164 g/mol. The van der Waals surface area contributed by atoms with Gasteiger partial charge in [-0.05, 0) is 25.2 Å². The van der Waals surface area contributed by atoms with Crippen LogP contribution < -0.4 is 5.32 Å². The van der Waals surface area contributed by atoms with Crippen LogP contribution in [-0.2, 0) is 0 Å². The number of nitrogens with one attached hydrogen (secondary N) is 1. The van der Waals surface area contributed by atoms with Gasteiger partial charge < -0.3 is 5.32 Å². The Morgan fingerprint density at radius 3 is 3.00 bits per heavy atom. The SMILES string of the molecule is CCC(C)C1=C(C#N)CCCN1. The molecule has 1 atom stereocenters. The Labute approximate surface area is 74.3 Å². The molecule has 0 saturated heterocycles. The van der Waals surface area contributed by atoms with Crippen molar-refractivity contribution in [1.29, 1.82) is 5.26 Å². The summed E-state index contributed by atoms with van der Waals surface area (Å²) in [5, 5.41) is 12.2. The molecule has 12 heavy (non-hydrogen) atoms. The van der Waals surface area contributed by atoms with Crippen LogP contribution in [0.3, 0.4) is 0 Å². The van der Waals surface area contributed by atoms with Crippen LogP contribution in [0.1, 0.15) is 33.1 Å². The Bertz CT molecular complexity index is 222. The fourth-order valence-electron chi connectivity index (χ4n) is 1.52. The van der Waals surface area contributed by atoms with Crippen molar-refractivity contribution in [3.05, 3.63) is 11.3 Å². The average Bonchev–Trinajstić information content (AvgIpc) is 2.16. The summed E-state index contributed by atoms with van der Waals surface area (Å²) in [5.74, 6) is 0.514. The third kappa shape index (κ3) is 1.79. The van der Waals surface area contributed by atoms with Gasteiger partial charge in [0, 0.05) is 17.8 Å². The number of allylic oxidation sites excluding steroid dienone is 2. The lowest BCUT2D eigenvalue weighted by Crippen LogP contribution is -2.25. The number of rotatable bonds is 2. The summed E-state index contributed by atoms with van der Waals surface area (Å²) in [4.78, 5) is 0. The maximum Gasteiger partial charge on any atom is 0.0965 e. The van der Waals surface area contributed by atoms with Gasteiger partial charge >= 0.3 is 0 Å². The molecule has 1 unspecified atom stereocenters. The molecular formula is C10H16N2.